The third-order valence-corrected chi connectivity index (χ3v) is 5.63. The number of nitrogens with zero attached hydrogens (tertiary/aromatic N) is 2. The highest BCUT2D eigenvalue weighted by molar-refractivity contribution is 7.98. The van der Waals surface area contributed by atoms with Crippen molar-refractivity contribution in [1.82, 2.24) is 9.29 Å². The third-order valence-electron chi connectivity index (χ3n) is 3.01. The van der Waals surface area contributed by atoms with Crippen LogP contribution < -0.4 is 5.32 Å². The van der Waals surface area contributed by atoms with Gasteiger partial charge in [-0.15, -0.1) is 0 Å². The van der Waals surface area contributed by atoms with Gasteiger partial charge in [0, 0.05) is 38.2 Å². The Labute approximate surface area is 119 Å². The highest BCUT2D eigenvalue weighted by Gasteiger charge is 2.26. The number of nitrogens with one attached hydrogen (secondary N) is 1. The predicted molar refractivity (Wildman–Crippen MR) is 81.2 cm³/mol. The first-order valence-electron chi connectivity index (χ1n) is 6.08. The van der Waals surface area contributed by atoms with Gasteiger partial charge in [-0.25, -0.2) is 13.4 Å². The van der Waals surface area contributed by atoms with E-state index < -0.39 is 10.0 Å². The zero-order valence-corrected chi connectivity index (χ0v) is 13.4. The minimum absolute atomic E-state index is 0.00574. The average molecular weight is 303 g/mol. The summed E-state index contributed by atoms with van der Waals surface area (Å²) in [5, 5.41) is 2.85. The Morgan fingerprint density at radius 1 is 1.53 bits per heavy atom. The molecule has 0 amide bonds. The van der Waals surface area contributed by atoms with Crippen molar-refractivity contribution >= 4 is 27.6 Å². The lowest BCUT2D eigenvalue weighted by Gasteiger charge is -2.26. The van der Waals surface area contributed by atoms with Gasteiger partial charge in [-0.3, -0.25) is 0 Å². The molecule has 0 spiro atoms. The molecule has 0 radical (unpaired) electrons. The van der Waals surface area contributed by atoms with Crippen LogP contribution in [0.1, 0.15) is 13.3 Å². The van der Waals surface area contributed by atoms with E-state index in [0.29, 0.717) is 5.82 Å². The summed E-state index contributed by atoms with van der Waals surface area (Å²) in [6.45, 7) is 2.00. The largest absolute Gasteiger partial charge is 0.373 e. The number of hydrogen-bond acceptors (Lipinski definition) is 5. The Morgan fingerprint density at radius 2 is 2.21 bits per heavy atom. The molecule has 0 fully saturated rings. The fourth-order valence-electron chi connectivity index (χ4n) is 1.74. The Hall–Kier alpha value is -0.790. The van der Waals surface area contributed by atoms with Gasteiger partial charge in [0.25, 0.3) is 0 Å². The molecule has 1 N–H and O–H groups in total. The fourth-order valence-corrected chi connectivity index (χ4v) is 4.12. The zero-order chi connectivity index (χ0) is 14.5. The first kappa shape index (κ1) is 16.3. The molecule has 1 aromatic heterocycles. The van der Waals surface area contributed by atoms with E-state index in [4.69, 9.17) is 0 Å². The molecule has 0 aliphatic carbocycles. The Balaban J connectivity index is 3.07. The van der Waals surface area contributed by atoms with Gasteiger partial charge in [-0.1, -0.05) is 6.92 Å². The summed E-state index contributed by atoms with van der Waals surface area (Å²) < 4.78 is 26.5. The summed E-state index contributed by atoms with van der Waals surface area (Å²) in [5.74, 6) is 1.34. The number of hydrogen-bond donors (Lipinski definition) is 1. The quantitative estimate of drug-likeness (QED) is 0.833. The maximum Gasteiger partial charge on any atom is 0.243 e. The van der Waals surface area contributed by atoms with Crippen molar-refractivity contribution in [2.75, 3.05) is 31.4 Å². The van der Waals surface area contributed by atoms with Crippen LogP contribution in [0, 0.1) is 0 Å². The number of rotatable bonds is 7. The maximum absolute atomic E-state index is 12.5. The summed E-state index contributed by atoms with van der Waals surface area (Å²) in [4.78, 5) is 4.31. The number of anilines is 1. The molecule has 1 unspecified atom stereocenters. The van der Waals surface area contributed by atoms with Crippen LogP contribution in [0.4, 0.5) is 5.82 Å². The van der Waals surface area contributed by atoms with E-state index in [-0.39, 0.29) is 10.9 Å². The van der Waals surface area contributed by atoms with E-state index in [2.05, 4.69) is 10.3 Å². The fraction of sp³-hybridized carbons (Fsp3) is 0.583. The summed E-state index contributed by atoms with van der Waals surface area (Å²) in [7, 11) is -0.114. The molecule has 108 valence electrons. The van der Waals surface area contributed by atoms with E-state index in [1.807, 2.05) is 13.2 Å². The van der Waals surface area contributed by atoms with Gasteiger partial charge < -0.3 is 5.32 Å². The normalized spacial score (nSPS) is 13.5. The minimum atomic E-state index is -3.47. The van der Waals surface area contributed by atoms with Crippen molar-refractivity contribution in [3.05, 3.63) is 18.3 Å². The van der Waals surface area contributed by atoms with Crippen molar-refractivity contribution in [3.63, 3.8) is 0 Å². The van der Waals surface area contributed by atoms with Crippen LogP contribution in [-0.4, -0.2) is 49.9 Å². The number of sulfonamides is 1. The van der Waals surface area contributed by atoms with Gasteiger partial charge in [-0.2, -0.15) is 16.1 Å². The van der Waals surface area contributed by atoms with E-state index in [0.717, 1.165) is 12.2 Å². The first-order chi connectivity index (χ1) is 8.97. The Kier molecular flexibility index (Phi) is 6.09. The van der Waals surface area contributed by atoms with E-state index in [1.165, 1.54) is 16.6 Å². The molecule has 0 bridgehead atoms. The van der Waals surface area contributed by atoms with Crippen LogP contribution in [0.3, 0.4) is 0 Å². The van der Waals surface area contributed by atoms with E-state index >= 15 is 0 Å². The number of aromatic nitrogens is 1. The van der Waals surface area contributed by atoms with Crippen LogP contribution in [0.25, 0.3) is 0 Å². The molecule has 0 saturated carbocycles. The topological polar surface area (TPSA) is 62.3 Å². The number of pyridine rings is 1. The standard InChI is InChI=1S/C12H21N3O2S2/c1-5-10(9-18-4)15(3)19(16,17)11-6-7-14-12(8-11)13-2/h6-8,10H,5,9H2,1-4H3,(H,13,14). The molecule has 0 aliphatic heterocycles. The number of thioether (sulfide) groups is 1. The van der Waals surface area contributed by atoms with Gasteiger partial charge >= 0.3 is 0 Å². The van der Waals surface area contributed by atoms with Crippen LogP contribution in [0.15, 0.2) is 23.2 Å². The molecule has 1 aromatic rings. The van der Waals surface area contributed by atoms with Crippen molar-refractivity contribution in [2.24, 2.45) is 0 Å². The molecular formula is C12H21N3O2S2. The lowest BCUT2D eigenvalue weighted by Crippen LogP contribution is -2.38. The second kappa shape index (κ2) is 7.12. The van der Waals surface area contributed by atoms with Crippen molar-refractivity contribution in [3.8, 4) is 0 Å². The summed E-state index contributed by atoms with van der Waals surface area (Å²) in [6, 6.07) is 3.09. The summed E-state index contributed by atoms with van der Waals surface area (Å²) in [5.41, 5.74) is 0. The van der Waals surface area contributed by atoms with Crippen molar-refractivity contribution in [2.45, 2.75) is 24.3 Å². The summed E-state index contributed by atoms with van der Waals surface area (Å²) in [6.07, 6.45) is 4.28. The molecule has 7 heteroatoms. The average Bonchev–Trinajstić information content (AvgIpc) is 2.44. The molecule has 19 heavy (non-hydrogen) atoms. The molecule has 1 rings (SSSR count). The summed E-state index contributed by atoms with van der Waals surface area (Å²) >= 11 is 1.65. The smallest absolute Gasteiger partial charge is 0.243 e. The Bertz CT molecular complexity index is 505. The van der Waals surface area contributed by atoms with E-state index in [9.17, 15) is 8.42 Å². The molecule has 1 atom stereocenters. The van der Waals surface area contributed by atoms with Gasteiger partial charge in [0.1, 0.15) is 5.82 Å². The van der Waals surface area contributed by atoms with Crippen LogP contribution in [0.5, 0.6) is 0 Å². The van der Waals surface area contributed by atoms with Crippen molar-refractivity contribution < 1.29 is 8.42 Å². The molecule has 0 aliphatic rings. The second-order valence-corrected chi connectivity index (χ2v) is 7.07. The highest BCUT2D eigenvalue weighted by Crippen LogP contribution is 2.21. The second-order valence-electron chi connectivity index (χ2n) is 4.17. The molecular weight excluding hydrogens is 282 g/mol. The SMILES string of the molecule is CCC(CSC)N(C)S(=O)(=O)c1ccnc(NC)c1. The molecule has 1 heterocycles. The Morgan fingerprint density at radius 3 is 2.74 bits per heavy atom. The van der Waals surface area contributed by atoms with Gasteiger partial charge in [0.05, 0.1) is 4.90 Å². The van der Waals surface area contributed by atoms with Gasteiger partial charge in [0.15, 0.2) is 0 Å². The van der Waals surface area contributed by atoms with Crippen LogP contribution in [-0.2, 0) is 10.0 Å². The van der Waals surface area contributed by atoms with E-state index in [1.54, 1.807) is 31.9 Å². The third kappa shape index (κ3) is 3.84. The predicted octanol–water partition coefficient (Wildman–Crippen LogP) is 1.89. The first-order valence-corrected chi connectivity index (χ1v) is 8.91. The maximum atomic E-state index is 12.5. The molecule has 0 aromatic carbocycles. The molecule has 0 saturated heterocycles. The van der Waals surface area contributed by atoms with Gasteiger partial charge in [0.2, 0.25) is 10.0 Å². The molecule has 5 nitrogen and oxygen atoms in total. The minimum Gasteiger partial charge on any atom is -0.373 e. The monoisotopic (exact) mass is 303 g/mol. The lowest BCUT2D eigenvalue weighted by molar-refractivity contribution is 0.385. The lowest BCUT2D eigenvalue weighted by atomic mass is 10.3. The zero-order valence-electron chi connectivity index (χ0n) is 11.8. The highest BCUT2D eigenvalue weighted by atomic mass is 32.2. The van der Waals surface area contributed by atoms with Crippen molar-refractivity contribution in [1.29, 1.82) is 0 Å². The van der Waals surface area contributed by atoms with Gasteiger partial charge in [-0.05, 0) is 18.7 Å². The van der Waals surface area contributed by atoms with Crippen LogP contribution in [0.2, 0.25) is 0 Å². The van der Waals surface area contributed by atoms with Crippen LogP contribution >= 0.6 is 11.8 Å².